The summed E-state index contributed by atoms with van der Waals surface area (Å²) in [7, 11) is 0. The zero-order valence-electron chi connectivity index (χ0n) is 20.2. The summed E-state index contributed by atoms with van der Waals surface area (Å²) in [5.74, 6) is 6.28. The van der Waals surface area contributed by atoms with E-state index in [0.717, 1.165) is 48.8 Å². The molecule has 0 spiro atoms. The van der Waals surface area contributed by atoms with Gasteiger partial charge in [0.15, 0.2) is 0 Å². The first-order chi connectivity index (χ1) is 16.4. The number of ketones is 1. The summed E-state index contributed by atoms with van der Waals surface area (Å²) < 4.78 is 0. The minimum Gasteiger partial charge on any atom is -0.393 e. The fourth-order valence-corrected chi connectivity index (χ4v) is 5.05. The fraction of sp³-hybridized carbons (Fsp3) is 0.500. The molecular formula is C30H38O4. The molecular weight excluding hydrogens is 424 g/mol. The number of hydrogen-bond donors (Lipinski definition) is 3. The normalized spacial score (nSPS) is 22.7. The van der Waals surface area contributed by atoms with Crippen molar-refractivity contribution in [3.63, 3.8) is 0 Å². The van der Waals surface area contributed by atoms with E-state index >= 15 is 0 Å². The van der Waals surface area contributed by atoms with Crippen LogP contribution in [0, 0.1) is 23.7 Å². The van der Waals surface area contributed by atoms with Crippen LogP contribution in [0.1, 0.15) is 70.3 Å². The van der Waals surface area contributed by atoms with Crippen LogP contribution in [0.5, 0.6) is 0 Å². The van der Waals surface area contributed by atoms with Gasteiger partial charge in [-0.3, -0.25) is 0 Å². The number of aliphatic hydroxyl groups is 3. The molecule has 34 heavy (non-hydrogen) atoms. The zero-order valence-corrected chi connectivity index (χ0v) is 20.2. The minimum absolute atomic E-state index is 0.00572. The van der Waals surface area contributed by atoms with Crippen LogP contribution < -0.4 is 0 Å². The van der Waals surface area contributed by atoms with Crippen molar-refractivity contribution < 1.29 is 20.1 Å². The van der Waals surface area contributed by atoms with E-state index in [9.17, 15) is 20.1 Å². The largest absolute Gasteiger partial charge is 0.393 e. The molecule has 0 bridgehead atoms. The topological polar surface area (TPSA) is 77.8 Å². The Morgan fingerprint density at radius 2 is 1.50 bits per heavy atom. The number of Topliss-reactive ketones (excluding diaryl/α,β-unsaturated/α-hetero) is 1. The predicted octanol–water partition coefficient (Wildman–Crippen LogP) is 5.13. The summed E-state index contributed by atoms with van der Waals surface area (Å²) >= 11 is 0. The number of benzene rings is 2. The standard InChI is InChI=1S/C30H38O4/c1-22(31)9-5-2-3-8-12-27-28(30(34)21-29(27)33)20-19-26(32)18-15-23-13-16-25(17-14-23)24-10-6-4-7-11-24/h4,6-7,10-11,13-14,16-17,26-30,32-34H,2-3,5,8-9,12,19-21H2,1H3/t26?,27-,28-,29+,30-/m1/s1. The molecule has 0 saturated heterocycles. The molecule has 1 unspecified atom stereocenters. The van der Waals surface area contributed by atoms with Gasteiger partial charge in [0, 0.05) is 12.0 Å². The van der Waals surface area contributed by atoms with Crippen LogP contribution in [0.15, 0.2) is 54.6 Å². The number of rotatable bonds is 11. The van der Waals surface area contributed by atoms with Gasteiger partial charge in [0.2, 0.25) is 0 Å². The van der Waals surface area contributed by atoms with Crippen molar-refractivity contribution in [2.75, 3.05) is 0 Å². The first-order valence-corrected chi connectivity index (χ1v) is 12.6. The van der Waals surface area contributed by atoms with Crippen LogP contribution in [0.25, 0.3) is 11.1 Å². The quantitative estimate of drug-likeness (QED) is 0.319. The highest BCUT2D eigenvalue weighted by atomic mass is 16.3. The lowest BCUT2D eigenvalue weighted by atomic mass is 9.85. The maximum Gasteiger partial charge on any atom is 0.129 e. The molecule has 0 aromatic heterocycles. The zero-order chi connectivity index (χ0) is 24.3. The van der Waals surface area contributed by atoms with E-state index in [1.54, 1.807) is 6.92 Å². The second-order valence-corrected chi connectivity index (χ2v) is 9.66. The molecule has 0 heterocycles. The van der Waals surface area contributed by atoms with Crippen LogP contribution in [-0.2, 0) is 4.79 Å². The average molecular weight is 463 g/mol. The number of carbonyl (C=O) groups is 1. The molecule has 4 heteroatoms. The smallest absolute Gasteiger partial charge is 0.129 e. The number of unbranched alkanes of at least 4 members (excludes halogenated alkanes) is 3. The van der Waals surface area contributed by atoms with Gasteiger partial charge in [-0.25, -0.2) is 0 Å². The fourth-order valence-electron chi connectivity index (χ4n) is 5.05. The van der Waals surface area contributed by atoms with Crippen LogP contribution in [0.3, 0.4) is 0 Å². The molecule has 1 fully saturated rings. The number of carbonyl (C=O) groups excluding carboxylic acids is 1. The van der Waals surface area contributed by atoms with Gasteiger partial charge in [0.25, 0.3) is 0 Å². The molecule has 182 valence electrons. The Kier molecular flexibility index (Phi) is 10.3. The highest BCUT2D eigenvalue weighted by Gasteiger charge is 2.40. The Morgan fingerprint density at radius 3 is 2.18 bits per heavy atom. The molecule has 1 aliphatic rings. The molecule has 1 saturated carbocycles. The third-order valence-corrected chi connectivity index (χ3v) is 6.99. The van der Waals surface area contributed by atoms with Crippen molar-refractivity contribution in [2.45, 2.75) is 83.0 Å². The van der Waals surface area contributed by atoms with Gasteiger partial charge in [0.1, 0.15) is 11.9 Å². The highest BCUT2D eigenvalue weighted by Crippen LogP contribution is 2.39. The van der Waals surface area contributed by atoms with E-state index in [0.29, 0.717) is 25.7 Å². The Morgan fingerprint density at radius 1 is 0.882 bits per heavy atom. The van der Waals surface area contributed by atoms with Gasteiger partial charge in [-0.2, -0.15) is 0 Å². The Labute approximate surface area is 204 Å². The molecule has 2 aromatic carbocycles. The Bertz CT molecular complexity index is 941. The van der Waals surface area contributed by atoms with E-state index < -0.39 is 18.3 Å². The first kappa shape index (κ1) is 26.2. The highest BCUT2D eigenvalue weighted by molar-refractivity contribution is 5.75. The van der Waals surface area contributed by atoms with Crippen LogP contribution in [0.4, 0.5) is 0 Å². The van der Waals surface area contributed by atoms with Crippen molar-refractivity contribution >= 4 is 5.78 Å². The average Bonchev–Trinajstić information content (AvgIpc) is 3.11. The molecule has 0 aliphatic heterocycles. The van der Waals surface area contributed by atoms with Crippen molar-refractivity contribution in [1.29, 1.82) is 0 Å². The molecule has 0 amide bonds. The third-order valence-electron chi connectivity index (χ3n) is 6.99. The van der Waals surface area contributed by atoms with Gasteiger partial charge < -0.3 is 20.1 Å². The lowest BCUT2D eigenvalue weighted by Crippen LogP contribution is -2.23. The number of aliphatic hydroxyl groups excluding tert-OH is 3. The Balaban J connectivity index is 1.46. The van der Waals surface area contributed by atoms with E-state index in [-0.39, 0.29) is 17.6 Å². The minimum atomic E-state index is -0.758. The summed E-state index contributed by atoms with van der Waals surface area (Å²) in [6, 6.07) is 18.2. The number of hydrogen-bond acceptors (Lipinski definition) is 4. The van der Waals surface area contributed by atoms with E-state index in [2.05, 4.69) is 24.0 Å². The van der Waals surface area contributed by atoms with Gasteiger partial charge in [-0.15, -0.1) is 0 Å². The van der Waals surface area contributed by atoms with Gasteiger partial charge in [-0.1, -0.05) is 73.6 Å². The molecule has 2 aromatic rings. The molecule has 5 atom stereocenters. The van der Waals surface area contributed by atoms with Crippen LogP contribution in [-0.4, -0.2) is 39.4 Å². The summed E-state index contributed by atoms with van der Waals surface area (Å²) in [6.07, 6.45) is 5.27. The molecule has 3 N–H and O–H groups in total. The maximum absolute atomic E-state index is 11.0. The van der Waals surface area contributed by atoms with Crippen molar-refractivity contribution in [3.05, 3.63) is 60.2 Å². The van der Waals surface area contributed by atoms with E-state index in [1.165, 1.54) is 0 Å². The maximum atomic E-state index is 11.0. The summed E-state index contributed by atoms with van der Waals surface area (Å²) in [5.41, 5.74) is 3.15. The molecule has 3 rings (SSSR count). The lowest BCUT2D eigenvalue weighted by Gasteiger charge is -2.24. The van der Waals surface area contributed by atoms with E-state index in [4.69, 9.17) is 0 Å². The first-order valence-electron chi connectivity index (χ1n) is 12.6. The summed E-state index contributed by atoms with van der Waals surface area (Å²) in [4.78, 5) is 11.0. The Hall–Kier alpha value is -2.45. The molecule has 4 nitrogen and oxygen atoms in total. The summed E-state index contributed by atoms with van der Waals surface area (Å²) in [6.45, 7) is 1.63. The van der Waals surface area contributed by atoms with Gasteiger partial charge >= 0.3 is 0 Å². The lowest BCUT2D eigenvalue weighted by molar-refractivity contribution is -0.117. The van der Waals surface area contributed by atoms with Gasteiger partial charge in [-0.05, 0) is 74.1 Å². The van der Waals surface area contributed by atoms with Crippen molar-refractivity contribution in [1.82, 2.24) is 0 Å². The second-order valence-electron chi connectivity index (χ2n) is 9.66. The van der Waals surface area contributed by atoms with Gasteiger partial charge in [0.05, 0.1) is 12.2 Å². The molecule has 1 aliphatic carbocycles. The third kappa shape index (κ3) is 8.09. The second kappa shape index (κ2) is 13.4. The van der Waals surface area contributed by atoms with Crippen LogP contribution >= 0.6 is 0 Å². The van der Waals surface area contributed by atoms with E-state index in [1.807, 2.05) is 42.5 Å². The van der Waals surface area contributed by atoms with Crippen molar-refractivity contribution in [3.8, 4) is 23.0 Å². The summed E-state index contributed by atoms with van der Waals surface area (Å²) in [5, 5.41) is 31.3. The predicted molar refractivity (Wildman–Crippen MR) is 136 cm³/mol. The monoisotopic (exact) mass is 462 g/mol. The van der Waals surface area contributed by atoms with Crippen molar-refractivity contribution in [2.24, 2.45) is 11.8 Å². The molecule has 0 radical (unpaired) electrons. The SMILES string of the molecule is CC(=O)CCCCCC[C@@H]1[C@@H](CCC(O)C#Cc2ccc(-c3ccccc3)cc2)[C@H](O)C[C@@H]1O. The van der Waals surface area contributed by atoms with Crippen LogP contribution in [0.2, 0.25) is 0 Å².